The van der Waals surface area contributed by atoms with Gasteiger partial charge in [0.15, 0.2) is 0 Å². The fraction of sp³-hybridized carbons (Fsp3) is 0.933. The second kappa shape index (κ2) is 36.5. The first kappa shape index (κ1) is 44.2. The minimum absolute atomic E-state index is 1.23. The molecule has 1 rings (SSSR count). The Morgan fingerprint density at radius 1 is 0.362 bits per heavy atom. The van der Waals surface area contributed by atoms with Gasteiger partial charge in [-0.2, -0.15) is 0 Å². The molecule has 0 fully saturated rings. The van der Waals surface area contributed by atoms with Crippen LogP contribution in [-0.4, -0.2) is 4.57 Å². The van der Waals surface area contributed by atoms with Gasteiger partial charge in [-0.15, -0.1) is 0 Å². The molecule has 1 heterocycles. The molecule has 0 radical (unpaired) electrons. The standard InChI is InChI=1S/C45H89N2/c1-4-7-10-13-16-18-20-22-23-24-25-26-28-30-32-34-37-40-45-46(41-38-35-15-12-9-6-3)43-44-47(45)42-39-36-33-31-29-27-21-19-17-14-11-8-5-2/h43-44H,4-42H2,1-3H3/q+1. The van der Waals surface area contributed by atoms with E-state index in [-0.39, 0.29) is 0 Å². The van der Waals surface area contributed by atoms with Crippen molar-refractivity contribution in [1.82, 2.24) is 4.57 Å². The molecule has 0 N–H and O–H groups in total. The lowest BCUT2D eigenvalue weighted by Crippen LogP contribution is -2.37. The zero-order valence-corrected chi connectivity index (χ0v) is 33.1. The molecule has 0 saturated carbocycles. The van der Waals surface area contributed by atoms with Crippen LogP contribution in [0.4, 0.5) is 0 Å². The quantitative estimate of drug-likeness (QED) is 0.0492. The highest BCUT2D eigenvalue weighted by atomic mass is 15.1. The number of rotatable bonds is 39. The van der Waals surface area contributed by atoms with E-state index in [1.54, 1.807) is 5.82 Å². The molecule has 0 bridgehead atoms. The Bertz CT molecular complexity index is 722. The largest absolute Gasteiger partial charge is 0.256 e. The second-order valence-corrected chi connectivity index (χ2v) is 15.5. The van der Waals surface area contributed by atoms with Crippen molar-refractivity contribution in [2.24, 2.45) is 0 Å². The SMILES string of the molecule is CCCCCCCCCCCCCCCCCCCc1n(CCCCCCCC)cc[n+]1CCCCCCCCCCCCCCC. The van der Waals surface area contributed by atoms with Crippen LogP contribution in [0.1, 0.15) is 258 Å². The van der Waals surface area contributed by atoms with Crippen molar-refractivity contribution in [2.45, 2.75) is 271 Å². The van der Waals surface area contributed by atoms with Gasteiger partial charge >= 0.3 is 0 Å². The summed E-state index contributed by atoms with van der Waals surface area (Å²) in [6.07, 6.45) is 57.9. The molecule has 0 spiro atoms. The molecule has 0 atom stereocenters. The minimum atomic E-state index is 1.23. The average Bonchev–Trinajstić information content (AvgIpc) is 3.47. The summed E-state index contributed by atoms with van der Waals surface area (Å²) in [6.45, 7) is 9.41. The molecule has 0 aliphatic heterocycles. The maximum absolute atomic E-state index is 2.64. The number of aryl methyl sites for hydroxylation is 2. The Hall–Kier alpha value is -0.790. The maximum atomic E-state index is 2.64. The lowest BCUT2D eigenvalue weighted by atomic mass is 10.0. The Labute approximate surface area is 298 Å². The summed E-state index contributed by atoms with van der Waals surface area (Å²) in [7, 11) is 0. The summed E-state index contributed by atoms with van der Waals surface area (Å²) in [5, 5.41) is 0. The minimum Gasteiger partial charge on any atom is -0.234 e. The summed E-state index contributed by atoms with van der Waals surface area (Å²) in [5.74, 6) is 1.62. The Balaban J connectivity index is 2.18. The lowest BCUT2D eigenvalue weighted by Gasteiger charge is -2.07. The van der Waals surface area contributed by atoms with Gasteiger partial charge in [-0.1, -0.05) is 220 Å². The van der Waals surface area contributed by atoms with Crippen LogP contribution in [0.25, 0.3) is 0 Å². The van der Waals surface area contributed by atoms with Crippen LogP contribution >= 0.6 is 0 Å². The number of nitrogens with zero attached hydrogens (tertiary/aromatic N) is 2. The Kier molecular flexibility index (Phi) is 34.3. The van der Waals surface area contributed by atoms with Crippen molar-refractivity contribution in [3.63, 3.8) is 0 Å². The number of unbranched alkanes of at least 4 members (excludes halogenated alkanes) is 33. The monoisotopic (exact) mass is 658 g/mol. The molecule has 1 aromatic heterocycles. The first-order chi connectivity index (χ1) is 23.3. The van der Waals surface area contributed by atoms with E-state index in [2.05, 4.69) is 42.3 Å². The Morgan fingerprint density at radius 3 is 1.02 bits per heavy atom. The first-order valence-electron chi connectivity index (χ1n) is 22.4. The van der Waals surface area contributed by atoms with Gasteiger partial charge in [-0.25, -0.2) is 9.13 Å². The van der Waals surface area contributed by atoms with E-state index in [9.17, 15) is 0 Å². The van der Waals surface area contributed by atoms with Crippen LogP contribution in [0.15, 0.2) is 12.4 Å². The predicted octanol–water partition coefficient (Wildman–Crippen LogP) is 15.4. The number of hydrogen-bond acceptors (Lipinski definition) is 0. The molecular formula is C45H89N2+. The smallest absolute Gasteiger partial charge is 0.234 e. The highest BCUT2D eigenvalue weighted by Gasteiger charge is 2.16. The van der Waals surface area contributed by atoms with E-state index in [0.29, 0.717) is 0 Å². The third kappa shape index (κ3) is 28.7. The van der Waals surface area contributed by atoms with Gasteiger partial charge in [-0.3, -0.25) is 0 Å². The van der Waals surface area contributed by atoms with Crippen LogP contribution in [0.5, 0.6) is 0 Å². The molecule has 2 nitrogen and oxygen atoms in total. The molecule has 0 unspecified atom stereocenters. The molecule has 0 amide bonds. The van der Waals surface area contributed by atoms with Crippen LogP contribution < -0.4 is 4.57 Å². The molecule has 0 aliphatic rings. The molecule has 1 aromatic rings. The third-order valence-electron chi connectivity index (χ3n) is 10.8. The van der Waals surface area contributed by atoms with Gasteiger partial charge in [0.05, 0.1) is 13.1 Å². The van der Waals surface area contributed by atoms with Crippen molar-refractivity contribution in [3.8, 4) is 0 Å². The molecule has 278 valence electrons. The second-order valence-electron chi connectivity index (χ2n) is 15.5. The van der Waals surface area contributed by atoms with Gasteiger partial charge in [-0.05, 0) is 32.1 Å². The van der Waals surface area contributed by atoms with Gasteiger partial charge in [0.25, 0.3) is 5.82 Å². The number of hydrogen-bond donors (Lipinski definition) is 0. The average molecular weight is 658 g/mol. The molecule has 0 saturated heterocycles. The van der Waals surface area contributed by atoms with Gasteiger partial charge in [0, 0.05) is 6.42 Å². The van der Waals surface area contributed by atoms with E-state index in [4.69, 9.17) is 0 Å². The molecule has 47 heavy (non-hydrogen) atoms. The number of imidazole rings is 1. The predicted molar refractivity (Wildman–Crippen MR) is 212 cm³/mol. The summed E-state index contributed by atoms with van der Waals surface area (Å²) in [4.78, 5) is 0. The summed E-state index contributed by atoms with van der Waals surface area (Å²) in [5.41, 5.74) is 0. The van der Waals surface area contributed by atoms with Crippen LogP contribution in [0, 0.1) is 0 Å². The van der Waals surface area contributed by atoms with Crippen molar-refractivity contribution in [2.75, 3.05) is 0 Å². The summed E-state index contributed by atoms with van der Waals surface area (Å²) in [6, 6.07) is 0. The third-order valence-corrected chi connectivity index (χ3v) is 10.8. The van der Waals surface area contributed by atoms with E-state index in [1.165, 1.54) is 251 Å². The zero-order valence-electron chi connectivity index (χ0n) is 33.1. The van der Waals surface area contributed by atoms with E-state index in [0.717, 1.165) is 0 Å². The maximum Gasteiger partial charge on any atom is 0.256 e. The van der Waals surface area contributed by atoms with Gasteiger partial charge in [0.1, 0.15) is 12.4 Å². The van der Waals surface area contributed by atoms with Crippen molar-refractivity contribution >= 4 is 0 Å². The summed E-state index contributed by atoms with van der Waals surface area (Å²) >= 11 is 0. The molecular weight excluding hydrogens is 569 g/mol. The fourth-order valence-corrected chi connectivity index (χ4v) is 7.56. The molecule has 2 heteroatoms. The highest BCUT2D eigenvalue weighted by Crippen LogP contribution is 2.16. The fourth-order valence-electron chi connectivity index (χ4n) is 7.56. The van der Waals surface area contributed by atoms with Crippen LogP contribution in [-0.2, 0) is 19.5 Å². The van der Waals surface area contributed by atoms with Crippen LogP contribution in [0.2, 0.25) is 0 Å². The van der Waals surface area contributed by atoms with Crippen molar-refractivity contribution in [3.05, 3.63) is 18.2 Å². The summed E-state index contributed by atoms with van der Waals surface area (Å²) < 4.78 is 5.27. The molecule has 0 aliphatic carbocycles. The van der Waals surface area contributed by atoms with E-state index >= 15 is 0 Å². The van der Waals surface area contributed by atoms with Crippen molar-refractivity contribution < 1.29 is 4.57 Å². The zero-order chi connectivity index (χ0) is 33.7. The molecule has 0 aromatic carbocycles. The Morgan fingerprint density at radius 2 is 0.660 bits per heavy atom. The topological polar surface area (TPSA) is 8.81 Å². The number of aromatic nitrogens is 2. The van der Waals surface area contributed by atoms with E-state index in [1.807, 2.05) is 0 Å². The van der Waals surface area contributed by atoms with E-state index < -0.39 is 0 Å². The van der Waals surface area contributed by atoms with Crippen molar-refractivity contribution in [1.29, 1.82) is 0 Å². The first-order valence-corrected chi connectivity index (χ1v) is 22.4. The van der Waals surface area contributed by atoms with Gasteiger partial charge in [0.2, 0.25) is 0 Å². The van der Waals surface area contributed by atoms with Crippen LogP contribution in [0.3, 0.4) is 0 Å². The lowest BCUT2D eigenvalue weighted by molar-refractivity contribution is -0.704. The highest BCUT2D eigenvalue weighted by molar-refractivity contribution is 4.84. The van der Waals surface area contributed by atoms with Gasteiger partial charge < -0.3 is 0 Å². The normalized spacial score (nSPS) is 11.6.